The number of hydrogen-bond acceptors (Lipinski definition) is 5. The van der Waals surface area contributed by atoms with Crippen molar-refractivity contribution < 1.29 is 22.3 Å². The Hall–Kier alpha value is -1.22. The fourth-order valence-corrected chi connectivity index (χ4v) is 4.46. The van der Waals surface area contributed by atoms with Gasteiger partial charge in [0.1, 0.15) is 0 Å². The number of fused-ring (bicyclic) bond motifs is 1. The maximum Gasteiger partial charge on any atom is 0.243 e. The number of morpholine rings is 1. The van der Waals surface area contributed by atoms with E-state index in [2.05, 4.69) is 4.90 Å². The minimum atomic E-state index is -3.74. The van der Waals surface area contributed by atoms with E-state index in [9.17, 15) is 12.8 Å². The molecule has 1 aromatic carbocycles. The summed E-state index contributed by atoms with van der Waals surface area (Å²) >= 11 is 0. The van der Waals surface area contributed by atoms with Crippen molar-refractivity contribution >= 4 is 10.0 Å². The van der Waals surface area contributed by atoms with Crippen molar-refractivity contribution in [3.8, 4) is 5.75 Å². The molecule has 0 radical (unpaired) electrons. The van der Waals surface area contributed by atoms with Gasteiger partial charge in [-0.15, -0.1) is 0 Å². The predicted molar refractivity (Wildman–Crippen MR) is 77.9 cm³/mol. The molecule has 22 heavy (non-hydrogen) atoms. The fourth-order valence-electron chi connectivity index (χ4n) is 2.98. The summed E-state index contributed by atoms with van der Waals surface area (Å²) in [7, 11) is -0.437. The normalized spacial score (nSPS) is 26.9. The molecule has 0 unspecified atom stereocenters. The molecule has 0 N–H and O–H groups in total. The second-order valence-electron chi connectivity index (χ2n) is 5.58. The first-order valence-electron chi connectivity index (χ1n) is 7.09. The summed E-state index contributed by atoms with van der Waals surface area (Å²) in [6.07, 6.45) is -0.128. The highest BCUT2D eigenvalue weighted by Crippen LogP contribution is 2.28. The summed E-state index contributed by atoms with van der Waals surface area (Å²) in [5.41, 5.74) is 0. The number of sulfonamides is 1. The first kappa shape index (κ1) is 15.7. The molecule has 0 aliphatic carbocycles. The second kappa shape index (κ2) is 5.77. The highest BCUT2D eigenvalue weighted by molar-refractivity contribution is 7.89. The Labute approximate surface area is 129 Å². The van der Waals surface area contributed by atoms with Gasteiger partial charge < -0.3 is 9.47 Å². The van der Waals surface area contributed by atoms with Gasteiger partial charge in [-0.3, -0.25) is 4.90 Å². The first-order chi connectivity index (χ1) is 10.4. The van der Waals surface area contributed by atoms with Gasteiger partial charge in [0.05, 0.1) is 30.8 Å². The van der Waals surface area contributed by atoms with E-state index >= 15 is 0 Å². The maximum atomic E-state index is 13.8. The zero-order valence-corrected chi connectivity index (χ0v) is 13.3. The SMILES string of the molecule is COc1ccc(S(=O)(=O)N2C[C@H]3OCCN(C)[C@H]3C2)cc1F. The van der Waals surface area contributed by atoms with Gasteiger partial charge in [-0.2, -0.15) is 4.31 Å². The maximum absolute atomic E-state index is 13.8. The first-order valence-corrected chi connectivity index (χ1v) is 8.53. The Morgan fingerprint density at radius 3 is 2.77 bits per heavy atom. The molecular weight excluding hydrogens is 311 g/mol. The molecule has 8 heteroatoms. The van der Waals surface area contributed by atoms with Crippen LogP contribution in [-0.2, 0) is 14.8 Å². The van der Waals surface area contributed by atoms with Gasteiger partial charge >= 0.3 is 0 Å². The smallest absolute Gasteiger partial charge is 0.243 e. The topological polar surface area (TPSA) is 59.1 Å². The van der Waals surface area contributed by atoms with Crippen LogP contribution in [0.3, 0.4) is 0 Å². The van der Waals surface area contributed by atoms with Crippen molar-refractivity contribution in [2.75, 3.05) is 40.4 Å². The average Bonchev–Trinajstić information content (AvgIpc) is 2.93. The molecule has 2 atom stereocenters. The number of halogens is 1. The van der Waals surface area contributed by atoms with Crippen molar-refractivity contribution in [3.05, 3.63) is 24.0 Å². The number of nitrogens with zero attached hydrogens (tertiary/aromatic N) is 2. The highest BCUT2D eigenvalue weighted by Gasteiger charge is 2.43. The summed E-state index contributed by atoms with van der Waals surface area (Å²) in [6, 6.07) is 3.74. The third-order valence-electron chi connectivity index (χ3n) is 4.31. The Morgan fingerprint density at radius 1 is 1.36 bits per heavy atom. The lowest BCUT2D eigenvalue weighted by Gasteiger charge is -2.33. The Kier molecular flexibility index (Phi) is 4.11. The minimum absolute atomic E-state index is 0.0251. The monoisotopic (exact) mass is 330 g/mol. The summed E-state index contributed by atoms with van der Waals surface area (Å²) in [6.45, 7) is 2.04. The van der Waals surface area contributed by atoms with Crippen molar-refractivity contribution in [2.45, 2.75) is 17.0 Å². The van der Waals surface area contributed by atoms with Gasteiger partial charge in [0.2, 0.25) is 10.0 Å². The van der Waals surface area contributed by atoms with Crippen LogP contribution in [0.4, 0.5) is 4.39 Å². The lowest BCUT2D eigenvalue weighted by Crippen LogP contribution is -2.48. The summed E-state index contributed by atoms with van der Waals surface area (Å²) in [5, 5.41) is 0. The van der Waals surface area contributed by atoms with E-state index in [1.54, 1.807) is 0 Å². The van der Waals surface area contributed by atoms with Gasteiger partial charge in [-0.05, 0) is 25.2 Å². The molecule has 0 amide bonds. The third kappa shape index (κ3) is 2.60. The number of rotatable bonds is 3. The molecule has 122 valence electrons. The van der Waals surface area contributed by atoms with E-state index in [0.29, 0.717) is 19.7 Å². The largest absolute Gasteiger partial charge is 0.494 e. The lowest BCUT2D eigenvalue weighted by atomic mass is 10.1. The average molecular weight is 330 g/mol. The molecule has 1 aromatic rings. The zero-order chi connectivity index (χ0) is 15.9. The molecule has 3 rings (SSSR count). The van der Waals surface area contributed by atoms with Gasteiger partial charge in [0.25, 0.3) is 0 Å². The van der Waals surface area contributed by atoms with Crippen molar-refractivity contribution in [2.24, 2.45) is 0 Å². The Bertz CT molecular complexity index is 667. The minimum Gasteiger partial charge on any atom is -0.494 e. The predicted octanol–water partition coefficient (Wildman–Crippen LogP) is 0.538. The molecule has 2 heterocycles. The van der Waals surface area contributed by atoms with Crippen LogP contribution in [0.5, 0.6) is 5.75 Å². The van der Waals surface area contributed by atoms with Crippen molar-refractivity contribution in [1.29, 1.82) is 0 Å². The number of likely N-dealkylation sites (N-methyl/N-ethyl adjacent to an activating group) is 1. The molecule has 0 saturated carbocycles. The van der Waals surface area contributed by atoms with Gasteiger partial charge in [0, 0.05) is 19.6 Å². The van der Waals surface area contributed by atoms with E-state index in [4.69, 9.17) is 9.47 Å². The molecular formula is C14H19FN2O4S. The van der Waals surface area contributed by atoms with E-state index < -0.39 is 15.8 Å². The number of ether oxygens (including phenoxy) is 2. The molecule has 0 spiro atoms. The number of hydrogen-bond donors (Lipinski definition) is 0. The standard InChI is InChI=1S/C14H19FN2O4S/c1-16-5-6-21-14-9-17(8-12(14)16)22(18,19)10-3-4-13(20-2)11(15)7-10/h3-4,7,12,14H,5-6,8-9H2,1-2H3/t12-,14+/m0/s1. The fraction of sp³-hybridized carbons (Fsp3) is 0.571. The van der Waals surface area contributed by atoms with E-state index in [-0.39, 0.29) is 22.8 Å². The van der Waals surface area contributed by atoms with Crippen LogP contribution < -0.4 is 4.74 Å². The Balaban J connectivity index is 1.86. The summed E-state index contributed by atoms with van der Waals surface area (Å²) < 4.78 is 51.0. The summed E-state index contributed by atoms with van der Waals surface area (Å²) in [5.74, 6) is -0.661. The molecule has 2 fully saturated rings. The van der Waals surface area contributed by atoms with Crippen LogP contribution in [0.25, 0.3) is 0 Å². The molecule has 2 aliphatic heterocycles. The summed E-state index contributed by atoms with van der Waals surface area (Å²) in [4.78, 5) is 2.05. The highest BCUT2D eigenvalue weighted by atomic mass is 32.2. The number of benzene rings is 1. The lowest BCUT2D eigenvalue weighted by molar-refractivity contribution is -0.0366. The second-order valence-corrected chi connectivity index (χ2v) is 7.51. The van der Waals surface area contributed by atoms with Gasteiger partial charge in [0.15, 0.2) is 11.6 Å². The van der Waals surface area contributed by atoms with E-state index in [1.165, 1.54) is 23.5 Å². The zero-order valence-electron chi connectivity index (χ0n) is 12.5. The number of methoxy groups -OCH3 is 1. The van der Waals surface area contributed by atoms with Crippen LogP contribution in [0.1, 0.15) is 0 Å². The van der Waals surface area contributed by atoms with Gasteiger partial charge in [-0.1, -0.05) is 0 Å². The molecule has 2 aliphatic rings. The molecule has 0 aromatic heterocycles. The molecule has 6 nitrogen and oxygen atoms in total. The van der Waals surface area contributed by atoms with Crippen molar-refractivity contribution in [1.82, 2.24) is 9.21 Å². The van der Waals surface area contributed by atoms with E-state index in [0.717, 1.165) is 12.6 Å². The van der Waals surface area contributed by atoms with Crippen molar-refractivity contribution in [3.63, 3.8) is 0 Å². The van der Waals surface area contributed by atoms with E-state index in [1.807, 2.05) is 7.05 Å². The van der Waals surface area contributed by atoms with Crippen LogP contribution in [0.2, 0.25) is 0 Å². The van der Waals surface area contributed by atoms with Gasteiger partial charge in [-0.25, -0.2) is 12.8 Å². The molecule has 2 saturated heterocycles. The van der Waals surface area contributed by atoms with Crippen LogP contribution in [0.15, 0.2) is 23.1 Å². The third-order valence-corrected chi connectivity index (χ3v) is 6.13. The van der Waals surface area contributed by atoms with Crippen LogP contribution in [0, 0.1) is 5.82 Å². The van der Waals surface area contributed by atoms with Crippen LogP contribution in [-0.4, -0.2) is 70.2 Å². The Morgan fingerprint density at radius 2 is 2.14 bits per heavy atom. The van der Waals surface area contributed by atoms with Crippen LogP contribution >= 0.6 is 0 Å². The molecule has 0 bridgehead atoms. The quantitative estimate of drug-likeness (QED) is 0.809.